The largest absolute Gasteiger partial charge is 0.364 e. The molecule has 2 aliphatic heterocycles. The van der Waals surface area contributed by atoms with Gasteiger partial charge in [-0.15, -0.1) is 10.2 Å². The molecule has 258 valence electrons. The number of aromatic nitrogens is 5. The van der Waals surface area contributed by atoms with Crippen molar-refractivity contribution in [2.24, 2.45) is 5.92 Å². The molecule has 2 atom stereocenters. The van der Waals surface area contributed by atoms with Gasteiger partial charge < -0.3 is 25.8 Å². The van der Waals surface area contributed by atoms with Gasteiger partial charge in [-0.3, -0.25) is 23.3 Å². The number of nitrogens with one attached hydrogen (secondary N) is 3. The molecule has 0 spiro atoms. The highest BCUT2D eigenvalue weighted by atomic mass is 32.2. The predicted molar refractivity (Wildman–Crippen MR) is 188 cm³/mol. The summed E-state index contributed by atoms with van der Waals surface area (Å²) in [5.74, 6) is 0.127. The Morgan fingerprint density at radius 3 is 2.50 bits per heavy atom. The molecule has 15 heteroatoms. The van der Waals surface area contributed by atoms with Crippen LogP contribution in [0.25, 0.3) is 11.1 Å². The van der Waals surface area contributed by atoms with Crippen LogP contribution in [-0.2, 0) is 15.6 Å². The summed E-state index contributed by atoms with van der Waals surface area (Å²) in [6.45, 7) is 4.92. The Morgan fingerprint density at radius 1 is 0.980 bits per heavy atom. The van der Waals surface area contributed by atoms with Gasteiger partial charge in [-0.05, 0) is 50.8 Å². The molecule has 0 radical (unpaired) electrons. The summed E-state index contributed by atoms with van der Waals surface area (Å²) in [6, 6.07) is 12.8. The maximum absolute atomic E-state index is 13.3. The van der Waals surface area contributed by atoms with Gasteiger partial charge in [0.2, 0.25) is 5.91 Å². The van der Waals surface area contributed by atoms with Gasteiger partial charge in [-0.1, -0.05) is 25.1 Å². The molecule has 8 rings (SSSR count). The number of carbonyl (C=O) groups excluding carboxylic acids is 3. The first kappa shape index (κ1) is 32.0. The SMILES string of the molecule is CCS(=O)c1cccc(C(=O)N2CC(n3ncc4c3C(C)N(C)c3c(Nc5cc(NC(=O)C6CC6)nnc5C(=O)NC5CC5)cccc3-4)C2)n1. The number of benzene rings is 1. The maximum Gasteiger partial charge on any atom is 0.274 e. The van der Waals surface area contributed by atoms with Crippen molar-refractivity contribution in [3.8, 4) is 11.1 Å². The molecule has 4 aromatic rings. The van der Waals surface area contributed by atoms with Crippen LogP contribution >= 0.6 is 0 Å². The number of pyridine rings is 1. The van der Waals surface area contributed by atoms with Crippen molar-refractivity contribution in [3.05, 3.63) is 65.7 Å². The van der Waals surface area contributed by atoms with E-state index >= 15 is 0 Å². The number of rotatable bonds is 10. The number of nitrogens with zero attached hydrogens (tertiary/aromatic N) is 7. The van der Waals surface area contributed by atoms with E-state index < -0.39 is 10.8 Å². The number of hydrogen-bond acceptors (Lipinski definition) is 10. The number of carbonyl (C=O) groups is 3. The first-order valence-corrected chi connectivity index (χ1v) is 18.4. The summed E-state index contributed by atoms with van der Waals surface area (Å²) in [6.07, 6.45) is 5.47. The summed E-state index contributed by atoms with van der Waals surface area (Å²) in [5.41, 5.74) is 5.61. The van der Waals surface area contributed by atoms with E-state index in [9.17, 15) is 18.6 Å². The van der Waals surface area contributed by atoms with E-state index in [1.165, 1.54) is 0 Å². The maximum atomic E-state index is 13.3. The third-order valence-electron chi connectivity index (χ3n) is 9.81. The molecule has 2 unspecified atom stereocenters. The number of hydrogen-bond donors (Lipinski definition) is 3. The Bertz CT molecular complexity index is 2050. The first-order chi connectivity index (χ1) is 24.2. The van der Waals surface area contributed by atoms with Gasteiger partial charge in [0.1, 0.15) is 10.7 Å². The van der Waals surface area contributed by atoms with Crippen LogP contribution < -0.4 is 20.9 Å². The molecule has 2 aliphatic carbocycles. The van der Waals surface area contributed by atoms with Crippen molar-refractivity contribution in [2.45, 2.75) is 62.7 Å². The zero-order valence-corrected chi connectivity index (χ0v) is 28.9. The predicted octanol–water partition coefficient (Wildman–Crippen LogP) is 4.05. The molecule has 4 aliphatic rings. The van der Waals surface area contributed by atoms with Gasteiger partial charge in [0.05, 0.1) is 51.8 Å². The van der Waals surface area contributed by atoms with E-state index in [4.69, 9.17) is 5.10 Å². The molecule has 14 nitrogen and oxygen atoms in total. The van der Waals surface area contributed by atoms with Crippen LogP contribution in [0.15, 0.2) is 53.7 Å². The summed E-state index contributed by atoms with van der Waals surface area (Å²) < 4.78 is 14.3. The minimum atomic E-state index is -1.24. The van der Waals surface area contributed by atoms with Crippen molar-refractivity contribution < 1.29 is 18.6 Å². The van der Waals surface area contributed by atoms with E-state index in [-0.39, 0.29) is 53.3 Å². The highest BCUT2D eigenvalue weighted by molar-refractivity contribution is 7.84. The Balaban J connectivity index is 1.06. The molecular formula is C35H38N10O4S. The fourth-order valence-corrected chi connectivity index (χ4v) is 7.29. The highest BCUT2D eigenvalue weighted by Crippen LogP contribution is 2.49. The second-order valence-corrected chi connectivity index (χ2v) is 15.1. The van der Waals surface area contributed by atoms with Crippen LogP contribution in [0.4, 0.5) is 22.9 Å². The topological polar surface area (TPSA) is 167 Å². The Kier molecular flexibility index (Phi) is 8.08. The molecule has 0 bridgehead atoms. The molecule has 5 heterocycles. The molecule has 3 N–H and O–H groups in total. The lowest BCUT2D eigenvalue weighted by Crippen LogP contribution is -2.52. The van der Waals surface area contributed by atoms with Crippen LogP contribution in [0.2, 0.25) is 0 Å². The second kappa shape index (κ2) is 12.6. The van der Waals surface area contributed by atoms with Crippen molar-refractivity contribution in [1.29, 1.82) is 0 Å². The number of para-hydroxylation sites is 1. The third kappa shape index (κ3) is 5.88. The minimum Gasteiger partial charge on any atom is -0.364 e. The summed E-state index contributed by atoms with van der Waals surface area (Å²) >= 11 is 0. The molecule has 1 saturated heterocycles. The molecule has 50 heavy (non-hydrogen) atoms. The Hall–Kier alpha value is -5.18. The van der Waals surface area contributed by atoms with Gasteiger partial charge in [0, 0.05) is 55.0 Å². The third-order valence-corrected chi connectivity index (χ3v) is 11.0. The average molecular weight is 695 g/mol. The van der Waals surface area contributed by atoms with E-state index in [1.54, 1.807) is 29.2 Å². The van der Waals surface area contributed by atoms with Crippen LogP contribution in [0.3, 0.4) is 0 Å². The van der Waals surface area contributed by atoms with E-state index in [2.05, 4.69) is 49.0 Å². The molecule has 3 amide bonds. The van der Waals surface area contributed by atoms with Gasteiger partial charge in [-0.25, -0.2) is 4.98 Å². The summed E-state index contributed by atoms with van der Waals surface area (Å²) in [4.78, 5) is 47.3. The van der Waals surface area contributed by atoms with Crippen LogP contribution in [0, 0.1) is 5.92 Å². The van der Waals surface area contributed by atoms with Crippen molar-refractivity contribution in [2.75, 3.05) is 41.4 Å². The zero-order valence-electron chi connectivity index (χ0n) is 28.0. The standard InChI is InChI=1S/C35H38N10O4S/c1-4-50(49)29-10-6-9-26(39-29)35(48)44-17-22(18-44)45-31-19(2)43(3)32-23(24(31)16-36-45)7-5-8-25(32)38-27-15-28(40-33(46)20-11-12-20)41-42-30(27)34(47)37-21-13-14-21/h5-10,15-16,19-22H,4,11-14,17-18H2,1-3H3,(H,37,47)(H2,38,40,41,46). The summed E-state index contributed by atoms with van der Waals surface area (Å²) in [5, 5.41) is 23.0. The Labute approximate surface area is 291 Å². The van der Waals surface area contributed by atoms with Crippen LogP contribution in [0.1, 0.15) is 78.3 Å². The van der Waals surface area contributed by atoms with Gasteiger partial charge in [0.25, 0.3) is 11.8 Å². The van der Waals surface area contributed by atoms with Gasteiger partial charge in [-0.2, -0.15) is 5.10 Å². The summed E-state index contributed by atoms with van der Waals surface area (Å²) in [7, 11) is 0.788. The number of amides is 3. The number of fused-ring (bicyclic) bond motifs is 3. The van der Waals surface area contributed by atoms with Crippen molar-refractivity contribution >= 4 is 51.4 Å². The lowest BCUT2D eigenvalue weighted by molar-refractivity contribution is -0.117. The first-order valence-electron chi connectivity index (χ1n) is 17.0. The molecule has 3 fully saturated rings. The fraction of sp³-hybridized carbons (Fsp3) is 0.400. The van der Waals surface area contributed by atoms with Crippen molar-refractivity contribution in [1.82, 2.24) is 35.2 Å². The van der Waals surface area contributed by atoms with E-state index in [1.807, 2.05) is 37.0 Å². The number of likely N-dealkylation sites (tertiary alicyclic amines) is 1. The van der Waals surface area contributed by atoms with Gasteiger partial charge >= 0.3 is 0 Å². The lowest BCUT2D eigenvalue weighted by Gasteiger charge is -2.42. The molecule has 2 saturated carbocycles. The monoisotopic (exact) mass is 694 g/mol. The van der Waals surface area contributed by atoms with Crippen molar-refractivity contribution in [3.63, 3.8) is 0 Å². The van der Waals surface area contributed by atoms with Crippen LogP contribution in [-0.4, -0.2) is 83.7 Å². The zero-order chi connectivity index (χ0) is 34.7. The normalized spacial score (nSPS) is 18.8. The van der Waals surface area contributed by atoms with E-state index in [0.717, 1.165) is 53.9 Å². The van der Waals surface area contributed by atoms with E-state index in [0.29, 0.717) is 35.2 Å². The quantitative estimate of drug-likeness (QED) is 0.220. The average Bonchev–Trinajstić information content (AvgIpc) is 4.05. The van der Waals surface area contributed by atoms with Crippen LogP contribution in [0.5, 0.6) is 0 Å². The highest BCUT2D eigenvalue weighted by Gasteiger charge is 2.39. The fourth-order valence-electron chi connectivity index (χ4n) is 6.57. The number of anilines is 4. The molecule has 1 aromatic carbocycles. The van der Waals surface area contributed by atoms with Gasteiger partial charge in [0.15, 0.2) is 11.5 Å². The Morgan fingerprint density at radius 2 is 1.76 bits per heavy atom. The second-order valence-electron chi connectivity index (χ2n) is 13.4. The lowest BCUT2D eigenvalue weighted by atomic mass is 9.93. The smallest absolute Gasteiger partial charge is 0.274 e. The molecule has 3 aromatic heterocycles. The minimum absolute atomic E-state index is 0.00549. The molecular weight excluding hydrogens is 657 g/mol.